The molecule has 4 rings (SSSR count). The normalized spacial score (nSPS) is 18.9. The third-order valence-electron chi connectivity index (χ3n) is 7.20. The average molecular weight is 531 g/mol. The summed E-state index contributed by atoms with van der Waals surface area (Å²) in [6, 6.07) is 11.8. The summed E-state index contributed by atoms with van der Waals surface area (Å²) in [6.45, 7) is 12.4. The van der Waals surface area contributed by atoms with E-state index in [4.69, 9.17) is 10.5 Å². The third kappa shape index (κ3) is 7.68. The Morgan fingerprint density at radius 3 is 2.46 bits per heavy atom. The summed E-state index contributed by atoms with van der Waals surface area (Å²) in [4.78, 5) is 17.7. The Morgan fingerprint density at radius 1 is 1.13 bits per heavy atom. The predicted molar refractivity (Wildman–Crippen MR) is 156 cm³/mol. The smallest absolute Gasteiger partial charge is 0.225 e. The lowest BCUT2D eigenvalue weighted by atomic mass is 9.85. The van der Waals surface area contributed by atoms with Gasteiger partial charge in [-0.2, -0.15) is 0 Å². The molecule has 1 saturated carbocycles. The molecule has 3 N–H and O–H groups in total. The lowest BCUT2D eigenvalue weighted by Crippen LogP contribution is -2.33. The van der Waals surface area contributed by atoms with Gasteiger partial charge in [0, 0.05) is 29.5 Å². The molecule has 8 heteroatoms. The Morgan fingerprint density at radius 2 is 1.82 bits per heavy atom. The fourth-order valence-electron chi connectivity index (χ4n) is 4.67. The summed E-state index contributed by atoms with van der Waals surface area (Å²) >= 11 is 0. The summed E-state index contributed by atoms with van der Waals surface area (Å²) in [6.07, 6.45) is 8.05. The molecule has 39 heavy (non-hydrogen) atoms. The van der Waals surface area contributed by atoms with Crippen LogP contribution in [-0.4, -0.2) is 32.4 Å². The van der Waals surface area contributed by atoms with Gasteiger partial charge >= 0.3 is 0 Å². The molecule has 1 fully saturated rings. The minimum absolute atomic E-state index is 0.0394. The first-order valence-electron chi connectivity index (χ1n) is 13.9. The molecule has 1 aliphatic rings. The van der Waals surface area contributed by atoms with Crippen LogP contribution in [0.25, 0.3) is 5.65 Å². The standard InChI is InChI=1S/C31H42N6O2/c1-20(2)30-36-35-28-16-15-25(19-37(28)30)39-24-13-9-22(10-14-24)17-29(38)34-27(18-26(32)31(4,5)6)33-23-11-7-21(3)8-12-23/h7-8,11-12,15-16,18-20,22,24H,9-10,13-14,17,32H2,1-6H3,(H,33,34,38). The predicted octanol–water partition coefficient (Wildman–Crippen LogP) is 6.22. The van der Waals surface area contributed by atoms with Crippen LogP contribution in [0.15, 0.2) is 59.4 Å². The van der Waals surface area contributed by atoms with E-state index >= 15 is 0 Å². The first-order chi connectivity index (χ1) is 18.5. The summed E-state index contributed by atoms with van der Waals surface area (Å²) < 4.78 is 8.32. The summed E-state index contributed by atoms with van der Waals surface area (Å²) in [5.41, 5.74) is 9.51. The molecule has 0 saturated heterocycles. The van der Waals surface area contributed by atoms with Gasteiger partial charge in [-0.05, 0) is 62.8 Å². The van der Waals surface area contributed by atoms with Gasteiger partial charge in [0.15, 0.2) is 5.65 Å². The average Bonchev–Trinajstić information content (AvgIpc) is 3.29. The second kappa shape index (κ2) is 12.0. The molecule has 208 valence electrons. The van der Waals surface area contributed by atoms with Gasteiger partial charge in [0.1, 0.15) is 17.4 Å². The van der Waals surface area contributed by atoms with Crippen molar-refractivity contribution in [3.8, 4) is 5.75 Å². The van der Waals surface area contributed by atoms with Crippen molar-refractivity contribution in [2.45, 2.75) is 85.7 Å². The van der Waals surface area contributed by atoms with Gasteiger partial charge < -0.3 is 15.8 Å². The molecule has 2 heterocycles. The van der Waals surface area contributed by atoms with Crippen molar-refractivity contribution >= 4 is 23.1 Å². The number of nitrogens with two attached hydrogens (primary N) is 1. The Balaban J connectivity index is 1.35. The summed E-state index contributed by atoms with van der Waals surface area (Å²) in [7, 11) is 0. The summed E-state index contributed by atoms with van der Waals surface area (Å²) in [5, 5.41) is 11.6. The van der Waals surface area contributed by atoms with E-state index in [0.717, 1.165) is 54.2 Å². The molecule has 8 nitrogen and oxygen atoms in total. The van der Waals surface area contributed by atoms with Gasteiger partial charge in [0.25, 0.3) is 0 Å². The van der Waals surface area contributed by atoms with E-state index in [2.05, 4.69) is 34.4 Å². The number of carbonyl (C=O) groups is 1. The highest BCUT2D eigenvalue weighted by atomic mass is 16.5. The first-order valence-corrected chi connectivity index (χ1v) is 13.9. The number of benzene rings is 1. The van der Waals surface area contributed by atoms with Gasteiger partial charge in [-0.15, -0.1) is 10.2 Å². The highest BCUT2D eigenvalue weighted by molar-refractivity contribution is 6.05. The molecular weight excluding hydrogens is 488 g/mol. The number of fused-ring (bicyclic) bond motifs is 1. The van der Waals surface area contributed by atoms with Crippen LogP contribution < -0.4 is 15.8 Å². The molecule has 0 atom stereocenters. The minimum Gasteiger partial charge on any atom is -0.489 e. The number of amidine groups is 1. The maximum absolute atomic E-state index is 13.0. The Kier molecular flexibility index (Phi) is 8.73. The van der Waals surface area contributed by atoms with Crippen molar-refractivity contribution in [3.05, 3.63) is 65.8 Å². The maximum atomic E-state index is 13.0. The number of allylic oxidation sites excluding steroid dienone is 1. The van der Waals surface area contributed by atoms with Crippen LogP contribution in [0, 0.1) is 18.3 Å². The van der Waals surface area contributed by atoms with Gasteiger partial charge in [-0.3, -0.25) is 9.20 Å². The number of nitrogens with one attached hydrogen (secondary N) is 1. The molecule has 0 bridgehead atoms. The number of carbonyl (C=O) groups excluding carboxylic acids is 1. The van der Waals surface area contributed by atoms with Gasteiger partial charge in [0.05, 0.1) is 18.0 Å². The number of ether oxygens (including phenoxy) is 1. The highest BCUT2D eigenvalue weighted by Crippen LogP contribution is 2.30. The Bertz CT molecular complexity index is 1340. The topological polar surface area (TPSA) is 107 Å². The van der Waals surface area contributed by atoms with Crippen LogP contribution >= 0.6 is 0 Å². The number of aryl methyl sites for hydroxylation is 1. The number of rotatable bonds is 7. The number of pyridine rings is 1. The number of hydrogen-bond acceptors (Lipinski definition) is 6. The van der Waals surface area contributed by atoms with E-state index in [9.17, 15) is 4.79 Å². The summed E-state index contributed by atoms with van der Waals surface area (Å²) in [5.74, 6) is 2.77. The number of nitrogens with zero attached hydrogens (tertiary/aromatic N) is 4. The minimum atomic E-state index is -0.230. The van der Waals surface area contributed by atoms with Crippen LogP contribution in [0.3, 0.4) is 0 Å². The van der Waals surface area contributed by atoms with Crippen molar-refractivity contribution in [2.24, 2.45) is 22.1 Å². The second-order valence-electron chi connectivity index (χ2n) is 12.0. The van der Waals surface area contributed by atoms with E-state index in [1.165, 1.54) is 0 Å². The Labute approximate surface area is 231 Å². The molecule has 0 spiro atoms. The molecule has 1 amide bonds. The van der Waals surface area contributed by atoms with E-state index in [1.807, 2.05) is 74.7 Å². The van der Waals surface area contributed by atoms with E-state index < -0.39 is 0 Å². The zero-order chi connectivity index (χ0) is 28.2. The zero-order valence-corrected chi connectivity index (χ0v) is 24.1. The number of aromatic nitrogens is 3. The van der Waals surface area contributed by atoms with Crippen LogP contribution in [0.4, 0.5) is 5.69 Å². The maximum Gasteiger partial charge on any atom is 0.225 e. The molecule has 3 aromatic rings. The SMILES string of the molecule is Cc1ccc(N=C(C=C(N)C(C)(C)C)NC(=O)CC2CCC(Oc3ccc4nnc(C(C)C)n4c3)CC2)cc1. The number of aliphatic imine (C=N–C) groups is 1. The van der Waals surface area contributed by atoms with Gasteiger partial charge in [0.2, 0.25) is 5.91 Å². The lowest BCUT2D eigenvalue weighted by Gasteiger charge is -2.28. The van der Waals surface area contributed by atoms with E-state index in [-0.39, 0.29) is 23.3 Å². The van der Waals surface area contributed by atoms with Crippen LogP contribution in [0.1, 0.15) is 84.0 Å². The quantitative estimate of drug-likeness (QED) is 0.278. The fraction of sp³-hybridized carbons (Fsp3) is 0.484. The van der Waals surface area contributed by atoms with Crippen LogP contribution in [0.2, 0.25) is 0 Å². The molecule has 0 radical (unpaired) electrons. The first kappa shape index (κ1) is 28.3. The van der Waals surface area contributed by atoms with Crippen molar-refractivity contribution < 1.29 is 9.53 Å². The zero-order valence-electron chi connectivity index (χ0n) is 24.1. The molecule has 2 aromatic heterocycles. The highest BCUT2D eigenvalue weighted by Gasteiger charge is 2.25. The van der Waals surface area contributed by atoms with Gasteiger partial charge in [-0.25, -0.2) is 4.99 Å². The van der Waals surface area contributed by atoms with E-state index in [0.29, 0.717) is 23.9 Å². The number of hydrogen-bond donors (Lipinski definition) is 2. The van der Waals surface area contributed by atoms with Crippen molar-refractivity contribution in [3.63, 3.8) is 0 Å². The fourth-order valence-corrected chi connectivity index (χ4v) is 4.67. The van der Waals surface area contributed by atoms with Crippen molar-refractivity contribution in [1.29, 1.82) is 0 Å². The lowest BCUT2D eigenvalue weighted by molar-refractivity contribution is -0.120. The van der Waals surface area contributed by atoms with E-state index in [1.54, 1.807) is 6.08 Å². The molecule has 1 aromatic carbocycles. The van der Waals surface area contributed by atoms with Crippen LogP contribution in [0.5, 0.6) is 5.75 Å². The Hall–Kier alpha value is -3.68. The monoisotopic (exact) mass is 530 g/mol. The molecule has 0 aliphatic heterocycles. The van der Waals surface area contributed by atoms with Crippen LogP contribution in [-0.2, 0) is 4.79 Å². The molecular formula is C31H42N6O2. The molecule has 0 unspecified atom stereocenters. The largest absolute Gasteiger partial charge is 0.489 e. The van der Waals surface area contributed by atoms with Crippen molar-refractivity contribution in [2.75, 3.05) is 0 Å². The molecule has 1 aliphatic carbocycles. The number of amides is 1. The van der Waals surface area contributed by atoms with Crippen molar-refractivity contribution in [1.82, 2.24) is 19.9 Å². The van der Waals surface area contributed by atoms with Gasteiger partial charge in [-0.1, -0.05) is 52.3 Å². The third-order valence-corrected chi connectivity index (χ3v) is 7.20. The second-order valence-corrected chi connectivity index (χ2v) is 12.0.